The highest BCUT2D eigenvalue weighted by Crippen LogP contribution is 2.40. The normalized spacial score (nSPS) is 21.0. The van der Waals surface area contributed by atoms with E-state index in [-0.39, 0.29) is 5.54 Å². The fourth-order valence-electron chi connectivity index (χ4n) is 2.67. The van der Waals surface area contributed by atoms with Gasteiger partial charge in [0.15, 0.2) is 0 Å². The number of benzene rings is 1. The molecule has 0 amide bonds. The highest BCUT2D eigenvalue weighted by molar-refractivity contribution is 6.32. The summed E-state index contributed by atoms with van der Waals surface area (Å²) in [6, 6.07) is 4.16. The molecule has 3 heteroatoms. The largest absolute Gasteiger partial charge is 0.491 e. The van der Waals surface area contributed by atoms with Crippen molar-refractivity contribution in [3.63, 3.8) is 0 Å². The van der Waals surface area contributed by atoms with E-state index in [0.717, 1.165) is 42.6 Å². The van der Waals surface area contributed by atoms with Crippen molar-refractivity contribution >= 4 is 11.6 Å². The Labute approximate surface area is 120 Å². The summed E-state index contributed by atoms with van der Waals surface area (Å²) in [6.45, 7) is 2.87. The lowest BCUT2D eigenvalue weighted by Gasteiger charge is -2.26. The Kier molecular flexibility index (Phi) is 3.48. The van der Waals surface area contributed by atoms with E-state index < -0.39 is 0 Å². The molecular weight excluding hydrogens is 258 g/mol. The third-order valence-electron chi connectivity index (χ3n) is 4.39. The van der Waals surface area contributed by atoms with E-state index in [2.05, 4.69) is 13.0 Å². The van der Waals surface area contributed by atoms with Crippen molar-refractivity contribution in [1.29, 1.82) is 0 Å². The number of halogens is 1. The van der Waals surface area contributed by atoms with E-state index in [4.69, 9.17) is 22.1 Å². The molecule has 0 heterocycles. The first kappa shape index (κ1) is 13.3. The van der Waals surface area contributed by atoms with Gasteiger partial charge in [-0.1, -0.05) is 24.1 Å². The summed E-state index contributed by atoms with van der Waals surface area (Å²) in [5, 5.41) is 0.735. The minimum absolute atomic E-state index is 0.00823. The van der Waals surface area contributed by atoms with Crippen LogP contribution < -0.4 is 10.5 Å². The Morgan fingerprint density at radius 2 is 2.11 bits per heavy atom. The van der Waals surface area contributed by atoms with E-state index >= 15 is 0 Å². The van der Waals surface area contributed by atoms with Gasteiger partial charge in [-0.2, -0.15) is 0 Å². The molecule has 0 aromatic heterocycles. The molecule has 0 radical (unpaired) electrons. The Hall–Kier alpha value is -0.730. The van der Waals surface area contributed by atoms with E-state index in [9.17, 15) is 0 Å². The molecule has 0 spiro atoms. The van der Waals surface area contributed by atoms with Crippen molar-refractivity contribution in [2.45, 2.75) is 51.0 Å². The predicted molar refractivity (Wildman–Crippen MR) is 78.9 cm³/mol. The predicted octanol–water partition coefficient (Wildman–Crippen LogP) is 3.86. The van der Waals surface area contributed by atoms with Gasteiger partial charge in [0.2, 0.25) is 0 Å². The molecule has 1 aromatic rings. The Morgan fingerprint density at radius 3 is 2.68 bits per heavy atom. The topological polar surface area (TPSA) is 35.2 Å². The quantitative estimate of drug-likeness (QED) is 0.888. The molecular formula is C16H22ClNO. The molecule has 0 aliphatic heterocycles. The fraction of sp³-hybridized carbons (Fsp3) is 0.625. The third-order valence-corrected chi connectivity index (χ3v) is 4.67. The van der Waals surface area contributed by atoms with Crippen molar-refractivity contribution < 1.29 is 4.74 Å². The van der Waals surface area contributed by atoms with Crippen molar-refractivity contribution in [3.8, 4) is 5.75 Å². The van der Waals surface area contributed by atoms with E-state index in [1.165, 1.54) is 30.4 Å². The second-order valence-electron chi connectivity index (χ2n) is 6.38. The molecule has 0 saturated heterocycles. The van der Waals surface area contributed by atoms with Crippen LogP contribution in [0, 0.1) is 12.8 Å². The van der Waals surface area contributed by atoms with Crippen LogP contribution in [0.1, 0.15) is 43.2 Å². The van der Waals surface area contributed by atoms with Gasteiger partial charge in [0, 0.05) is 5.54 Å². The minimum Gasteiger partial charge on any atom is -0.491 e. The third kappa shape index (κ3) is 3.06. The Bertz CT molecular complexity index is 478. The molecule has 3 rings (SSSR count). The minimum atomic E-state index is -0.00823. The summed E-state index contributed by atoms with van der Waals surface area (Å²) >= 11 is 6.36. The number of nitrogens with two attached hydrogens (primary N) is 1. The Morgan fingerprint density at radius 1 is 1.37 bits per heavy atom. The van der Waals surface area contributed by atoms with Crippen LogP contribution in [0.3, 0.4) is 0 Å². The van der Waals surface area contributed by atoms with Crippen molar-refractivity contribution in [2.24, 2.45) is 11.7 Å². The maximum absolute atomic E-state index is 6.36. The van der Waals surface area contributed by atoms with Crippen LogP contribution in [0.2, 0.25) is 5.02 Å². The molecule has 0 bridgehead atoms. The average molecular weight is 280 g/mol. The molecule has 1 aromatic carbocycles. The molecule has 19 heavy (non-hydrogen) atoms. The van der Waals surface area contributed by atoms with Gasteiger partial charge < -0.3 is 10.5 Å². The lowest BCUT2D eigenvalue weighted by atomic mass is 9.86. The molecule has 2 nitrogen and oxygen atoms in total. The lowest BCUT2D eigenvalue weighted by molar-refractivity contribution is 0.179. The molecule has 2 aliphatic rings. The van der Waals surface area contributed by atoms with E-state index in [0.29, 0.717) is 0 Å². The van der Waals surface area contributed by atoms with Gasteiger partial charge in [0.25, 0.3) is 0 Å². The SMILES string of the molecule is Cc1cc(Cl)c(OCC2CCC2)c(CC2(N)CC2)c1. The highest BCUT2D eigenvalue weighted by Gasteiger charge is 2.39. The zero-order chi connectivity index (χ0) is 13.5. The van der Waals surface area contributed by atoms with Crippen molar-refractivity contribution in [3.05, 3.63) is 28.3 Å². The number of aryl methyl sites for hydroxylation is 1. The highest BCUT2D eigenvalue weighted by atomic mass is 35.5. The molecule has 2 N–H and O–H groups in total. The second kappa shape index (κ2) is 4.99. The number of ether oxygens (including phenoxy) is 1. The number of rotatable bonds is 5. The summed E-state index contributed by atoms with van der Waals surface area (Å²) in [5.74, 6) is 1.59. The maximum atomic E-state index is 6.36. The van der Waals surface area contributed by atoms with Gasteiger partial charge in [-0.05, 0) is 62.1 Å². The maximum Gasteiger partial charge on any atom is 0.141 e. The van der Waals surface area contributed by atoms with Crippen LogP contribution in [0.15, 0.2) is 12.1 Å². The fourth-order valence-corrected chi connectivity index (χ4v) is 3.02. The number of hydrogen-bond donors (Lipinski definition) is 1. The van der Waals surface area contributed by atoms with Crippen LogP contribution in [0.4, 0.5) is 0 Å². The number of hydrogen-bond acceptors (Lipinski definition) is 2. The first-order chi connectivity index (χ1) is 9.06. The van der Waals surface area contributed by atoms with Crippen molar-refractivity contribution in [2.75, 3.05) is 6.61 Å². The van der Waals surface area contributed by atoms with Crippen LogP contribution in [-0.2, 0) is 6.42 Å². The van der Waals surface area contributed by atoms with Crippen LogP contribution in [-0.4, -0.2) is 12.1 Å². The molecule has 2 saturated carbocycles. The van der Waals surface area contributed by atoms with Crippen LogP contribution in [0.25, 0.3) is 0 Å². The first-order valence-electron chi connectivity index (χ1n) is 7.26. The zero-order valence-corrected chi connectivity index (χ0v) is 12.3. The summed E-state index contributed by atoms with van der Waals surface area (Å²) in [4.78, 5) is 0. The van der Waals surface area contributed by atoms with Gasteiger partial charge >= 0.3 is 0 Å². The summed E-state index contributed by atoms with van der Waals surface area (Å²) in [5.41, 5.74) is 8.60. The summed E-state index contributed by atoms with van der Waals surface area (Å²) < 4.78 is 6.01. The standard InChI is InChI=1S/C16H22ClNO/c1-11-7-13(9-16(18)5-6-16)15(14(17)8-11)19-10-12-3-2-4-12/h7-8,12H,2-6,9-10,18H2,1H3. The molecule has 0 unspecified atom stereocenters. The molecule has 2 fully saturated rings. The molecule has 0 atom stereocenters. The van der Waals surface area contributed by atoms with E-state index in [1.54, 1.807) is 0 Å². The van der Waals surface area contributed by atoms with Gasteiger partial charge in [-0.15, -0.1) is 0 Å². The molecule has 2 aliphatic carbocycles. The lowest BCUT2D eigenvalue weighted by Crippen LogP contribution is -2.25. The Balaban J connectivity index is 1.78. The van der Waals surface area contributed by atoms with Gasteiger partial charge in [-0.25, -0.2) is 0 Å². The zero-order valence-electron chi connectivity index (χ0n) is 11.5. The smallest absolute Gasteiger partial charge is 0.141 e. The van der Waals surface area contributed by atoms with Crippen LogP contribution in [0.5, 0.6) is 5.75 Å². The first-order valence-corrected chi connectivity index (χ1v) is 7.64. The summed E-state index contributed by atoms with van der Waals surface area (Å²) in [6.07, 6.45) is 7.03. The van der Waals surface area contributed by atoms with Gasteiger partial charge in [-0.3, -0.25) is 0 Å². The second-order valence-corrected chi connectivity index (χ2v) is 6.79. The van der Waals surface area contributed by atoms with Crippen molar-refractivity contribution in [1.82, 2.24) is 0 Å². The monoisotopic (exact) mass is 279 g/mol. The van der Waals surface area contributed by atoms with E-state index in [1.807, 2.05) is 6.07 Å². The summed E-state index contributed by atoms with van der Waals surface area (Å²) in [7, 11) is 0. The average Bonchev–Trinajstić information content (AvgIpc) is 2.97. The van der Waals surface area contributed by atoms with Crippen LogP contribution >= 0.6 is 11.6 Å². The van der Waals surface area contributed by atoms with Gasteiger partial charge in [0.1, 0.15) is 5.75 Å². The molecule has 104 valence electrons. The van der Waals surface area contributed by atoms with Gasteiger partial charge in [0.05, 0.1) is 11.6 Å².